The van der Waals surface area contributed by atoms with Gasteiger partial charge in [-0.15, -0.1) is 11.3 Å². The summed E-state index contributed by atoms with van der Waals surface area (Å²) in [5.74, 6) is 0. The van der Waals surface area contributed by atoms with Crippen molar-refractivity contribution in [3.8, 4) is 0 Å². The average Bonchev–Trinajstić information content (AvgIpc) is 2.89. The van der Waals surface area contributed by atoms with Crippen LogP contribution in [-0.2, 0) is 6.54 Å². The van der Waals surface area contributed by atoms with E-state index in [1.165, 1.54) is 4.88 Å². The first kappa shape index (κ1) is 12.9. The highest BCUT2D eigenvalue weighted by atomic mass is 32.1. The number of hydrogen-bond acceptors (Lipinski definition) is 4. The molecule has 0 radical (unpaired) electrons. The number of aromatic nitrogens is 1. The maximum atomic E-state index is 4.29. The fourth-order valence-corrected chi connectivity index (χ4v) is 2.49. The Balaban J connectivity index is 2.03. The van der Waals surface area contributed by atoms with E-state index in [0.717, 1.165) is 30.9 Å². The number of thiophene rings is 1. The van der Waals surface area contributed by atoms with E-state index in [-0.39, 0.29) is 0 Å². The lowest BCUT2D eigenvalue weighted by atomic mass is 10.3. The van der Waals surface area contributed by atoms with Crippen molar-refractivity contribution in [1.29, 1.82) is 0 Å². The second kappa shape index (κ2) is 6.40. The summed E-state index contributed by atoms with van der Waals surface area (Å²) in [5.41, 5.74) is 2.23. The predicted molar refractivity (Wildman–Crippen MR) is 79.4 cm³/mol. The van der Waals surface area contributed by atoms with Crippen LogP contribution in [0.1, 0.15) is 18.2 Å². The number of nitrogens with zero attached hydrogens (tertiary/aromatic N) is 2. The Hall–Kier alpha value is -1.55. The van der Waals surface area contributed by atoms with E-state index in [1.54, 1.807) is 11.3 Å². The van der Waals surface area contributed by atoms with Gasteiger partial charge in [0.25, 0.3) is 0 Å². The summed E-state index contributed by atoms with van der Waals surface area (Å²) in [7, 11) is 2.10. The molecule has 0 aliphatic carbocycles. The van der Waals surface area contributed by atoms with Gasteiger partial charge in [0, 0.05) is 18.5 Å². The van der Waals surface area contributed by atoms with E-state index in [9.17, 15) is 0 Å². The van der Waals surface area contributed by atoms with Gasteiger partial charge in [-0.1, -0.05) is 13.0 Å². The van der Waals surface area contributed by atoms with Crippen molar-refractivity contribution in [2.75, 3.05) is 23.8 Å². The second-order valence-corrected chi connectivity index (χ2v) is 5.33. The van der Waals surface area contributed by atoms with Gasteiger partial charge in [-0.05, 0) is 23.9 Å². The Morgan fingerprint density at radius 1 is 1.39 bits per heavy atom. The molecule has 2 heterocycles. The van der Waals surface area contributed by atoms with Crippen LogP contribution in [0.3, 0.4) is 0 Å². The molecule has 0 aliphatic heterocycles. The van der Waals surface area contributed by atoms with Gasteiger partial charge in [0.2, 0.25) is 0 Å². The molecule has 0 saturated carbocycles. The minimum atomic E-state index is 0.927. The smallest absolute Gasteiger partial charge is 0.0574 e. The molecule has 0 saturated heterocycles. The SMILES string of the molecule is CCCNc1cncc(N(C)Cc2cccs2)c1. The van der Waals surface area contributed by atoms with Gasteiger partial charge in [-0.2, -0.15) is 0 Å². The summed E-state index contributed by atoms with van der Waals surface area (Å²) in [6.45, 7) is 4.07. The van der Waals surface area contributed by atoms with Crippen LogP contribution in [-0.4, -0.2) is 18.6 Å². The van der Waals surface area contributed by atoms with Crippen molar-refractivity contribution in [3.63, 3.8) is 0 Å². The van der Waals surface area contributed by atoms with E-state index < -0.39 is 0 Å². The molecule has 0 spiro atoms. The highest BCUT2D eigenvalue weighted by Crippen LogP contribution is 2.20. The van der Waals surface area contributed by atoms with Crippen LogP contribution < -0.4 is 10.2 Å². The number of pyridine rings is 1. The Bertz CT molecular complexity index is 468. The third kappa shape index (κ3) is 3.47. The standard InChI is InChI=1S/C14H19N3S/c1-3-6-16-12-8-13(10-15-9-12)17(2)11-14-5-4-7-18-14/h4-5,7-10,16H,3,6,11H2,1-2H3. The molecular formula is C14H19N3S. The first-order chi connectivity index (χ1) is 8.79. The molecule has 4 heteroatoms. The molecular weight excluding hydrogens is 242 g/mol. The highest BCUT2D eigenvalue weighted by Gasteiger charge is 2.04. The number of anilines is 2. The summed E-state index contributed by atoms with van der Waals surface area (Å²) in [6.07, 6.45) is 4.90. The van der Waals surface area contributed by atoms with Gasteiger partial charge in [0.1, 0.15) is 0 Å². The molecule has 0 aromatic carbocycles. The molecule has 1 N–H and O–H groups in total. The molecule has 2 aromatic rings. The van der Waals surface area contributed by atoms with Crippen molar-refractivity contribution in [2.45, 2.75) is 19.9 Å². The minimum absolute atomic E-state index is 0.927. The number of rotatable bonds is 6. The normalized spacial score (nSPS) is 10.3. The predicted octanol–water partition coefficient (Wildman–Crippen LogP) is 3.60. The maximum absolute atomic E-state index is 4.29. The molecule has 0 fully saturated rings. The Morgan fingerprint density at radius 3 is 3.00 bits per heavy atom. The molecule has 0 atom stereocenters. The van der Waals surface area contributed by atoms with Crippen LogP contribution >= 0.6 is 11.3 Å². The first-order valence-electron chi connectivity index (χ1n) is 6.22. The summed E-state index contributed by atoms with van der Waals surface area (Å²) in [5, 5.41) is 5.47. The Morgan fingerprint density at radius 2 is 2.28 bits per heavy atom. The van der Waals surface area contributed by atoms with E-state index in [4.69, 9.17) is 0 Å². The van der Waals surface area contributed by atoms with E-state index in [1.807, 2.05) is 12.4 Å². The van der Waals surface area contributed by atoms with Gasteiger partial charge < -0.3 is 10.2 Å². The lowest BCUT2D eigenvalue weighted by Crippen LogP contribution is -2.16. The van der Waals surface area contributed by atoms with Crippen molar-refractivity contribution in [1.82, 2.24) is 4.98 Å². The van der Waals surface area contributed by atoms with E-state index in [0.29, 0.717) is 0 Å². The topological polar surface area (TPSA) is 28.2 Å². The van der Waals surface area contributed by atoms with Gasteiger partial charge in [-0.3, -0.25) is 4.98 Å². The van der Waals surface area contributed by atoms with Crippen LogP contribution in [0.2, 0.25) is 0 Å². The highest BCUT2D eigenvalue weighted by molar-refractivity contribution is 7.09. The monoisotopic (exact) mass is 261 g/mol. The largest absolute Gasteiger partial charge is 0.384 e. The fraction of sp³-hybridized carbons (Fsp3) is 0.357. The van der Waals surface area contributed by atoms with Crippen LogP contribution in [0.5, 0.6) is 0 Å². The summed E-state index contributed by atoms with van der Waals surface area (Å²) < 4.78 is 0. The van der Waals surface area contributed by atoms with Crippen molar-refractivity contribution in [2.24, 2.45) is 0 Å². The summed E-state index contributed by atoms with van der Waals surface area (Å²) in [4.78, 5) is 7.87. The van der Waals surface area contributed by atoms with Crippen molar-refractivity contribution >= 4 is 22.7 Å². The van der Waals surface area contributed by atoms with Gasteiger partial charge >= 0.3 is 0 Å². The molecule has 2 rings (SSSR count). The minimum Gasteiger partial charge on any atom is -0.384 e. The first-order valence-corrected chi connectivity index (χ1v) is 7.10. The fourth-order valence-electron chi connectivity index (χ4n) is 1.73. The summed E-state index contributed by atoms with van der Waals surface area (Å²) in [6, 6.07) is 6.40. The third-order valence-corrected chi connectivity index (χ3v) is 3.58. The van der Waals surface area contributed by atoms with Crippen LogP contribution in [0.25, 0.3) is 0 Å². The zero-order valence-electron chi connectivity index (χ0n) is 10.9. The molecule has 0 bridgehead atoms. The second-order valence-electron chi connectivity index (χ2n) is 4.29. The van der Waals surface area contributed by atoms with Gasteiger partial charge in [0.15, 0.2) is 0 Å². The van der Waals surface area contributed by atoms with Crippen LogP contribution in [0.4, 0.5) is 11.4 Å². The molecule has 0 amide bonds. The van der Waals surface area contributed by atoms with Crippen LogP contribution in [0.15, 0.2) is 36.0 Å². The molecule has 96 valence electrons. The van der Waals surface area contributed by atoms with Gasteiger partial charge in [-0.25, -0.2) is 0 Å². The van der Waals surface area contributed by atoms with Gasteiger partial charge in [0.05, 0.1) is 30.3 Å². The molecule has 3 nitrogen and oxygen atoms in total. The molecule has 0 unspecified atom stereocenters. The summed E-state index contributed by atoms with van der Waals surface area (Å²) >= 11 is 1.79. The Kier molecular flexibility index (Phi) is 4.59. The molecule has 18 heavy (non-hydrogen) atoms. The van der Waals surface area contributed by atoms with Crippen molar-refractivity contribution < 1.29 is 0 Å². The number of hydrogen-bond donors (Lipinski definition) is 1. The quantitative estimate of drug-likeness (QED) is 0.861. The zero-order valence-corrected chi connectivity index (χ0v) is 11.7. The maximum Gasteiger partial charge on any atom is 0.0574 e. The number of nitrogens with one attached hydrogen (secondary N) is 1. The van der Waals surface area contributed by atoms with E-state index >= 15 is 0 Å². The third-order valence-electron chi connectivity index (χ3n) is 2.72. The Labute approximate surface area is 112 Å². The lowest BCUT2D eigenvalue weighted by Gasteiger charge is -2.19. The molecule has 0 aliphatic rings. The van der Waals surface area contributed by atoms with Crippen LogP contribution in [0, 0.1) is 0 Å². The van der Waals surface area contributed by atoms with E-state index in [2.05, 4.69) is 52.8 Å². The zero-order chi connectivity index (χ0) is 12.8. The average molecular weight is 261 g/mol. The lowest BCUT2D eigenvalue weighted by molar-refractivity contribution is 0.931. The molecule has 2 aromatic heterocycles. The van der Waals surface area contributed by atoms with Crippen molar-refractivity contribution in [3.05, 3.63) is 40.8 Å².